The van der Waals surface area contributed by atoms with Crippen molar-refractivity contribution in [3.63, 3.8) is 0 Å². The largest absolute Gasteiger partial charge is 0.494 e. The van der Waals surface area contributed by atoms with E-state index < -0.39 is 0 Å². The fraction of sp³-hybridized carbons (Fsp3) is 0.286. The van der Waals surface area contributed by atoms with Gasteiger partial charge in [0.1, 0.15) is 11.6 Å². The summed E-state index contributed by atoms with van der Waals surface area (Å²) in [6.07, 6.45) is 12.9. The van der Waals surface area contributed by atoms with Crippen LogP contribution in [0.25, 0.3) is 5.69 Å². The highest BCUT2D eigenvalue weighted by Gasteiger charge is 2.37. The molecule has 0 atom stereocenters. The minimum Gasteiger partial charge on any atom is -0.494 e. The van der Waals surface area contributed by atoms with Gasteiger partial charge in [-0.1, -0.05) is 56.2 Å². The Balaban J connectivity index is 1.63. The van der Waals surface area contributed by atoms with Crippen LogP contribution < -0.4 is 15.8 Å². The van der Waals surface area contributed by atoms with Crippen LogP contribution in [0.5, 0.6) is 5.75 Å². The Kier molecular flexibility index (Phi) is 7.16. The first-order valence-electron chi connectivity index (χ1n) is 11.7. The Morgan fingerprint density at radius 2 is 1.94 bits per heavy atom. The van der Waals surface area contributed by atoms with Crippen LogP contribution in [-0.4, -0.2) is 22.4 Å². The lowest BCUT2D eigenvalue weighted by Crippen LogP contribution is -2.37. The van der Waals surface area contributed by atoms with Crippen LogP contribution in [0, 0.1) is 6.92 Å². The number of aromatic nitrogens is 2. The fourth-order valence-electron chi connectivity index (χ4n) is 4.86. The van der Waals surface area contributed by atoms with Gasteiger partial charge in [-0.3, -0.25) is 0 Å². The van der Waals surface area contributed by atoms with Gasteiger partial charge in [-0.2, -0.15) is 0 Å². The molecule has 3 N–H and O–H groups in total. The lowest BCUT2D eigenvalue weighted by molar-refractivity contribution is 0.381. The van der Waals surface area contributed by atoms with E-state index in [0.29, 0.717) is 5.82 Å². The van der Waals surface area contributed by atoms with Gasteiger partial charge in [0.15, 0.2) is 0 Å². The molecule has 1 aromatic heterocycles. The van der Waals surface area contributed by atoms with Gasteiger partial charge in [-0.25, -0.2) is 9.98 Å². The molecular formula is C28H33N5O. The summed E-state index contributed by atoms with van der Waals surface area (Å²) < 4.78 is 7.58. The number of nitrogens with zero attached hydrogens (tertiary/aromatic N) is 3. The molecule has 2 aromatic carbocycles. The molecule has 6 nitrogen and oxygen atoms in total. The SMILES string of the molecule is C=C(N=C(/C=C\N)C1(c2ccccc2)CCCCC1)Nc1ccc(-n2cnc(C)c2)c(OC)c1. The Bertz CT molecular complexity index is 1190. The van der Waals surface area contributed by atoms with E-state index in [4.69, 9.17) is 15.5 Å². The second-order valence-corrected chi connectivity index (χ2v) is 8.75. The summed E-state index contributed by atoms with van der Waals surface area (Å²) in [7, 11) is 1.66. The molecular weight excluding hydrogens is 422 g/mol. The summed E-state index contributed by atoms with van der Waals surface area (Å²) in [4.78, 5) is 9.27. The van der Waals surface area contributed by atoms with Crippen LogP contribution in [0.15, 0.2) is 90.7 Å². The van der Waals surface area contributed by atoms with Crippen molar-refractivity contribution in [1.29, 1.82) is 0 Å². The van der Waals surface area contributed by atoms with Gasteiger partial charge in [0.2, 0.25) is 0 Å². The molecule has 1 heterocycles. The van der Waals surface area contributed by atoms with Crippen molar-refractivity contribution in [2.75, 3.05) is 12.4 Å². The highest BCUT2D eigenvalue weighted by molar-refractivity contribution is 6.04. The molecule has 1 aliphatic carbocycles. The second-order valence-electron chi connectivity index (χ2n) is 8.75. The maximum atomic E-state index is 5.88. The van der Waals surface area contributed by atoms with Crippen LogP contribution >= 0.6 is 0 Å². The summed E-state index contributed by atoms with van der Waals surface area (Å²) in [5.74, 6) is 1.29. The minimum absolute atomic E-state index is 0.166. The van der Waals surface area contributed by atoms with E-state index in [1.165, 1.54) is 24.8 Å². The maximum Gasteiger partial charge on any atom is 0.144 e. The highest BCUT2D eigenvalue weighted by atomic mass is 16.5. The predicted octanol–water partition coefficient (Wildman–Crippen LogP) is 5.89. The molecule has 3 aromatic rings. The van der Waals surface area contributed by atoms with Gasteiger partial charge < -0.3 is 20.4 Å². The lowest BCUT2D eigenvalue weighted by Gasteiger charge is -2.38. The molecule has 0 bridgehead atoms. The summed E-state index contributed by atoms with van der Waals surface area (Å²) in [6, 6.07) is 16.6. The molecule has 1 aliphatic rings. The van der Waals surface area contributed by atoms with Gasteiger partial charge in [-0.15, -0.1) is 0 Å². The molecule has 1 fully saturated rings. The van der Waals surface area contributed by atoms with E-state index in [9.17, 15) is 0 Å². The average Bonchev–Trinajstić information content (AvgIpc) is 3.30. The standard InChI is InChI=1S/C28H33N5O/c1-21-19-33(20-30-21)25-13-12-24(18-26(25)34-3)31-22(2)32-27(14-17-29)28(15-8-5-9-16-28)23-10-6-4-7-11-23/h4,6-7,10-14,17-20,31H,2,5,8-9,15-16,29H2,1,3H3/b17-14-,32-27?. The minimum atomic E-state index is -0.166. The fourth-order valence-corrected chi connectivity index (χ4v) is 4.86. The number of aryl methyl sites for hydroxylation is 1. The third kappa shape index (κ3) is 4.91. The van der Waals surface area contributed by atoms with Gasteiger partial charge in [0, 0.05) is 23.4 Å². The number of anilines is 1. The van der Waals surface area contributed by atoms with Crippen LogP contribution in [0.2, 0.25) is 0 Å². The lowest BCUT2D eigenvalue weighted by atomic mass is 9.66. The molecule has 176 valence electrons. The van der Waals surface area contributed by atoms with E-state index in [2.05, 4.69) is 47.2 Å². The first-order chi connectivity index (χ1) is 16.6. The van der Waals surface area contributed by atoms with E-state index in [1.54, 1.807) is 19.6 Å². The summed E-state index contributed by atoms with van der Waals surface area (Å²) in [5, 5.41) is 3.34. The maximum absolute atomic E-state index is 5.88. The van der Waals surface area contributed by atoms with Crippen molar-refractivity contribution >= 4 is 11.4 Å². The van der Waals surface area contributed by atoms with Crippen LogP contribution in [0.3, 0.4) is 0 Å². The smallest absolute Gasteiger partial charge is 0.144 e. The Morgan fingerprint density at radius 1 is 1.18 bits per heavy atom. The zero-order chi connectivity index (χ0) is 24.0. The number of allylic oxidation sites excluding steroid dienone is 1. The van der Waals surface area contributed by atoms with Crippen molar-refractivity contribution < 1.29 is 4.74 Å². The Morgan fingerprint density at radius 3 is 2.59 bits per heavy atom. The second kappa shape index (κ2) is 10.4. The number of imidazole rings is 1. The number of nitrogens with one attached hydrogen (secondary N) is 1. The molecule has 34 heavy (non-hydrogen) atoms. The number of methoxy groups -OCH3 is 1. The number of ether oxygens (including phenoxy) is 1. The monoisotopic (exact) mass is 455 g/mol. The molecule has 0 radical (unpaired) electrons. The van der Waals surface area contributed by atoms with Crippen molar-refractivity contribution in [2.45, 2.75) is 44.4 Å². The van der Waals surface area contributed by atoms with Crippen molar-refractivity contribution in [1.82, 2.24) is 9.55 Å². The third-order valence-corrected chi connectivity index (χ3v) is 6.49. The topological polar surface area (TPSA) is 77.5 Å². The normalized spacial score (nSPS) is 15.9. The molecule has 0 aliphatic heterocycles. The Hall–Kier alpha value is -3.80. The predicted molar refractivity (Wildman–Crippen MR) is 140 cm³/mol. The highest BCUT2D eigenvalue weighted by Crippen LogP contribution is 2.41. The molecule has 0 amide bonds. The van der Waals surface area contributed by atoms with Crippen molar-refractivity contribution in [3.8, 4) is 11.4 Å². The molecule has 1 saturated carbocycles. The van der Waals surface area contributed by atoms with E-state index in [-0.39, 0.29) is 5.41 Å². The number of aliphatic imine (C=N–C) groups is 1. The molecule has 0 spiro atoms. The first kappa shape index (κ1) is 23.4. The first-order valence-corrected chi connectivity index (χ1v) is 11.7. The summed E-state index contributed by atoms with van der Waals surface area (Å²) in [6.45, 7) is 6.16. The number of benzene rings is 2. The average molecular weight is 456 g/mol. The molecule has 4 rings (SSSR count). The van der Waals surface area contributed by atoms with Gasteiger partial charge in [0.25, 0.3) is 0 Å². The third-order valence-electron chi connectivity index (χ3n) is 6.49. The number of hydrogen-bond acceptors (Lipinski definition) is 5. The van der Waals surface area contributed by atoms with Crippen molar-refractivity contribution in [3.05, 3.63) is 97.0 Å². The summed E-state index contributed by atoms with van der Waals surface area (Å²) >= 11 is 0. The van der Waals surface area contributed by atoms with Crippen LogP contribution in [0.1, 0.15) is 43.4 Å². The Labute approximate surface area is 201 Å². The van der Waals surface area contributed by atoms with Gasteiger partial charge >= 0.3 is 0 Å². The molecule has 0 saturated heterocycles. The van der Waals surface area contributed by atoms with Crippen LogP contribution in [0.4, 0.5) is 5.69 Å². The van der Waals surface area contributed by atoms with E-state index >= 15 is 0 Å². The number of nitrogens with two attached hydrogens (primary N) is 1. The summed E-state index contributed by atoms with van der Waals surface area (Å²) in [5.41, 5.74) is 10.6. The van der Waals surface area contributed by atoms with E-state index in [0.717, 1.165) is 41.4 Å². The zero-order valence-electron chi connectivity index (χ0n) is 20.0. The van der Waals surface area contributed by atoms with Gasteiger partial charge in [-0.05, 0) is 49.7 Å². The van der Waals surface area contributed by atoms with Gasteiger partial charge in [0.05, 0.1) is 30.5 Å². The van der Waals surface area contributed by atoms with E-state index in [1.807, 2.05) is 42.0 Å². The van der Waals surface area contributed by atoms with Crippen molar-refractivity contribution in [2.24, 2.45) is 10.7 Å². The molecule has 0 unspecified atom stereocenters. The van der Waals surface area contributed by atoms with Crippen LogP contribution in [-0.2, 0) is 5.41 Å². The number of rotatable bonds is 8. The molecule has 6 heteroatoms. The quantitative estimate of drug-likeness (QED) is 0.415. The zero-order valence-corrected chi connectivity index (χ0v) is 20.0. The number of hydrogen-bond donors (Lipinski definition) is 2.